The number of amides is 2. The van der Waals surface area contributed by atoms with E-state index in [2.05, 4.69) is 10.0 Å². The first-order valence-electron chi connectivity index (χ1n) is 8.25. The van der Waals surface area contributed by atoms with Crippen LogP contribution in [0.1, 0.15) is 38.2 Å². The minimum absolute atomic E-state index is 0.00137. The zero-order valence-corrected chi connectivity index (χ0v) is 14.4. The molecule has 23 heavy (non-hydrogen) atoms. The fraction of sp³-hybridized carbons (Fsp3) is 0.588. The van der Waals surface area contributed by atoms with Gasteiger partial charge < -0.3 is 5.32 Å². The third kappa shape index (κ3) is 3.52. The first-order chi connectivity index (χ1) is 10.8. The highest BCUT2D eigenvalue weighted by atomic mass is 32.2. The van der Waals surface area contributed by atoms with E-state index in [-0.39, 0.29) is 10.9 Å². The second-order valence-corrected chi connectivity index (χ2v) is 8.70. The van der Waals surface area contributed by atoms with Crippen molar-refractivity contribution >= 4 is 16.1 Å². The predicted molar refractivity (Wildman–Crippen MR) is 88.4 cm³/mol. The summed E-state index contributed by atoms with van der Waals surface area (Å²) < 4.78 is 26.5. The molecule has 0 radical (unpaired) electrons. The lowest BCUT2D eigenvalue weighted by molar-refractivity contribution is 0.224. The van der Waals surface area contributed by atoms with Crippen molar-refractivity contribution in [3.8, 4) is 0 Å². The van der Waals surface area contributed by atoms with Crippen LogP contribution in [0.4, 0.5) is 4.79 Å². The van der Waals surface area contributed by atoms with Crippen LogP contribution in [0, 0.1) is 24.7 Å². The van der Waals surface area contributed by atoms with Gasteiger partial charge in [-0.2, -0.15) is 0 Å². The highest BCUT2D eigenvalue weighted by molar-refractivity contribution is 7.90. The van der Waals surface area contributed by atoms with Crippen molar-refractivity contribution in [1.29, 1.82) is 0 Å². The number of hydrogen-bond acceptors (Lipinski definition) is 3. The maximum atomic E-state index is 12.2. The lowest BCUT2D eigenvalue weighted by Gasteiger charge is -2.28. The fourth-order valence-corrected chi connectivity index (χ4v) is 5.06. The third-order valence-corrected chi connectivity index (χ3v) is 6.70. The average molecular weight is 336 g/mol. The van der Waals surface area contributed by atoms with E-state index in [1.807, 2.05) is 13.8 Å². The molecule has 2 fully saturated rings. The van der Waals surface area contributed by atoms with E-state index in [4.69, 9.17) is 0 Å². The Labute approximate surface area is 137 Å². The van der Waals surface area contributed by atoms with Crippen molar-refractivity contribution in [3.63, 3.8) is 0 Å². The minimum Gasteiger partial charge on any atom is -0.335 e. The standard InChI is InChI=1S/C17H24N2O3S/c1-11-3-7-15(8-4-11)23(21,22)19-17(20)18-12(2)16-10-13-5-6-14(16)9-13/h3-4,7-8,12-14,16H,5-6,9-10H2,1-2H3,(H2,18,19,20)/t12-,13-,14-,16+/m1/s1. The summed E-state index contributed by atoms with van der Waals surface area (Å²) >= 11 is 0. The average Bonchev–Trinajstić information content (AvgIpc) is 3.09. The number of carbonyl (C=O) groups excluding carboxylic acids is 1. The van der Waals surface area contributed by atoms with Crippen LogP contribution in [0.2, 0.25) is 0 Å². The molecule has 0 saturated heterocycles. The van der Waals surface area contributed by atoms with Crippen molar-refractivity contribution in [1.82, 2.24) is 10.0 Å². The number of benzene rings is 1. The Kier molecular flexibility index (Phi) is 4.36. The molecule has 1 aromatic rings. The third-order valence-electron chi connectivity index (χ3n) is 5.35. The maximum absolute atomic E-state index is 12.2. The van der Waals surface area contributed by atoms with Crippen molar-refractivity contribution in [2.24, 2.45) is 17.8 Å². The highest BCUT2D eigenvalue weighted by Gasteiger charge is 2.42. The minimum atomic E-state index is -3.82. The van der Waals surface area contributed by atoms with Crippen molar-refractivity contribution < 1.29 is 13.2 Å². The molecule has 4 atom stereocenters. The predicted octanol–water partition coefficient (Wildman–Crippen LogP) is 2.81. The molecule has 2 saturated carbocycles. The molecule has 2 bridgehead atoms. The van der Waals surface area contributed by atoms with E-state index in [1.165, 1.54) is 31.4 Å². The Morgan fingerprint density at radius 1 is 1.17 bits per heavy atom. The summed E-state index contributed by atoms with van der Waals surface area (Å²) in [6, 6.07) is 5.79. The van der Waals surface area contributed by atoms with Gasteiger partial charge in [0.05, 0.1) is 4.90 Å². The second-order valence-electron chi connectivity index (χ2n) is 7.02. The largest absolute Gasteiger partial charge is 0.335 e. The molecular formula is C17H24N2O3S. The van der Waals surface area contributed by atoms with Crippen LogP contribution >= 0.6 is 0 Å². The first-order valence-corrected chi connectivity index (χ1v) is 9.73. The van der Waals surface area contributed by atoms with E-state index < -0.39 is 16.1 Å². The summed E-state index contributed by atoms with van der Waals surface area (Å²) in [5.74, 6) is 1.96. The summed E-state index contributed by atoms with van der Waals surface area (Å²) in [5.41, 5.74) is 0.971. The Morgan fingerprint density at radius 3 is 2.43 bits per heavy atom. The number of carbonyl (C=O) groups is 1. The zero-order valence-electron chi connectivity index (χ0n) is 13.6. The van der Waals surface area contributed by atoms with Gasteiger partial charge in [0.1, 0.15) is 0 Å². The van der Waals surface area contributed by atoms with Crippen LogP contribution in [-0.2, 0) is 10.0 Å². The molecule has 0 unspecified atom stereocenters. The van der Waals surface area contributed by atoms with Gasteiger partial charge in [0.15, 0.2) is 0 Å². The van der Waals surface area contributed by atoms with E-state index >= 15 is 0 Å². The van der Waals surface area contributed by atoms with Crippen molar-refractivity contribution in [3.05, 3.63) is 29.8 Å². The molecule has 0 aliphatic heterocycles. The van der Waals surface area contributed by atoms with E-state index in [1.54, 1.807) is 12.1 Å². The van der Waals surface area contributed by atoms with E-state index in [0.717, 1.165) is 17.9 Å². The molecule has 126 valence electrons. The summed E-state index contributed by atoms with van der Waals surface area (Å²) in [5, 5.41) is 2.81. The van der Waals surface area contributed by atoms with Gasteiger partial charge in [0, 0.05) is 6.04 Å². The van der Waals surface area contributed by atoms with Crippen LogP contribution in [0.25, 0.3) is 0 Å². The van der Waals surface area contributed by atoms with Gasteiger partial charge in [0.25, 0.3) is 10.0 Å². The highest BCUT2D eigenvalue weighted by Crippen LogP contribution is 2.49. The van der Waals surface area contributed by atoms with Gasteiger partial charge in [-0.1, -0.05) is 24.1 Å². The molecular weight excluding hydrogens is 312 g/mol. The topological polar surface area (TPSA) is 75.3 Å². The van der Waals surface area contributed by atoms with Crippen LogP contribution in [0.5, 0.6) is 0 Å². The second kappa shape index (κ2) is 6.15. The molecule has 0 aromatic heterocycles. The Morgan fingerprint density at radius 2 is 1.87 bits per heavy atom. The number of rotatable bonds is 4. The Hall–Kier alpha value is -1.56. The van der Waals surface area contributed by atoms with Gasteiger partial charge >= 0.3 is 6.03 Å². The molecule has 0 spiro atoms. The summed E-state index contributed by atoms with van der Waals surface area (Å²) in [6.45, 7) is 3.86. The Bertz CT molecular complexity index is 684. The fourth-order valence-electron chi connectivity index (χ4n) is 4.15. The van der Waals surface area contributed by atoms with Gasteiger partial charge in [0.2, 0.25) is 0 Å². The molecule has 2 aliphatic rings. The van der Waals surface area contributed by atoms with Gasteiger partial charge in [-0.05, 0) is 63.0 Å². The quantitative estimate of drug-likeness (QED) is 0.888. The lowest BCUT2D eigenvalue weighted by Crippen LogP contribution is -2.46. The van der Waals surface area contributed by atoms with Crippen LogP contribution in [0.3, 0.4) is 0 Å². The zero-order chi connectivity index (χ0) is 16.6. The Balaban J connectivity index is 1.59. The van der Waals surface area contributed by atoms with Crippen molar-refractivity contribution in [2.45, 2.75) is 50.5 Å². The molecule has 0 heterocycles. The van der Waals surface area contributed by atoms with Crippen LogP contribution in [-0.4, -0.2) is 20.5 Å². The smallest absolute Gasteiger partial charge is 0.328 e. The lowest BCUT2D eigenvalue weighted by atomic mass is 9.84. The van der Waals surface area contributed by atoms with Crippen LogP contribution in [0.15, 0.2) is 29.2 Å². The number of aryl methyl sites for hydroxylation is 1. The maximum Gasteiger partial charge on any atom is 0.328 e. The van der Waals surface area contributed by atoms with Gasteiger partial charge in [-0.25, -0.2) is 17.9 Å². The molecule has 1 aromatic carbocycles. The van der Waals surface area contributed by atoms with Crippen molar-refractivity contribution in [2.75, 3.05) is 0 Å². The summed E-state index contributed by atoms with van der Waals surface area (Å²) in [4.78, 5) is 12.2. The SMILES string of the molecule is Cc1ccc(S(=O)(=O)NC(=O)N[C@H](C)[C@@H]2C[C@@H]3CC[C@@H]2C3)cc1. The molecule has 2 aliphatic carbocycles. The molecule has 5 nitrogen and oxygen atoms in total. The molecule has 3 rings (SSSR count). The van der Waals surface area contributed by atoms with Gasteiger partial charge in [-0.15, -0.1) is 0 Å². The van der Waals surface area contributed by atoms with Gasteiger partial charge in [-0.3, -0.25) is 0 Å². The summed E-state index contributed by atoms with van der Waals surface area (Å²) in [7, 11) is -3.82. The first kappa shape index (κ1) is 16.3. The monoisotopic (exact) mass is 336 g/mol. The summed E-state index contributed by atoms with van der Waals surface area (Å²) in [6.07, 6.45) is 4.96. The molecule has 2 N–H and O–H groups in total. The molecule has 6 heteroatoms. The van der Waals surface area contributed by atoms with E-state index in [0.29, 0.717) is 11.8 Å². The number of hydrogen-bond donors (Lipinski definition) is 2. The number of fused-ring (bicyclic) bond motifs is 2. The number of nitrogens with one attached hydrogen (secondary N) is 2. The molecule has 2 amide bonds. The van der Waals surface area contributed by atoms with Crippen LogP contribution < -0.4 is 10.0 Å². The number of urea groups is 1. The normalized spacial score (nSPS) is 27.7. The number of sulfonamides is 1. The van der Waals surface area contributed by atoms with E-state index in [9.17, 15) is 13.2 Å².